The lowest BCUT2D eigenvalue weighted by atomic mass is 10.3. The third-order valence-electron chi connectivity index (χ3n) is 0.527. The van der Waals surface area contributed by atoms with E-state index in [1.165, 1.54) is 0 Å². The van der Waals surface area contributed by atoms with E-state index in [0.717, 1.165) is 0 Å². The zero-order valence-corrected chi connectivity index (χ0v) is 4.44. The molecule has 5 nitrogen and oxygen atoms in total. The Kier molecular flexibility index (Phi) is 3.04. The highest BCUT2D eigenvalue weighted by molar-refractivity contribution is 6.30. The Hall–Kier alpha value is -1.39. The molecule has 0 aliphatic heterocycles. The molecular formula is C4H5NO4. The van der Waals surface area contributed by atoms with Crippen LogP contribution in [0.2, 0.25) is 0 Å². The summed E-state index contributed by atoms with van der Waals surface area (Å²) in [7, 11) is 0. The molecule has 0 fully saturated rings. The van der Waals surface area contributed by atoms with Gasteiger partial charge in [0, 0.05) is 0 Å². The van der Waals surface area contributed by atoms with Crippen molar-refractivity contribution < 1.29 is 19.9 Å². The van der Waals surface area contributed by atoms with Crippen molar-refractivity contribution in [3.05, 3.63) is 0 Å². The lowest BCUT2D eigenvalue weighted by Crippen LogP contribution is -2.06. The summed E-state index contributed by atoms with van der Waals surface area (Å²) in [4.78, 5) is 19.9. The van der Waals surface area contributed by atoms with Gasteiger partial charge in [-0.15, -0.1) is 0 Å². The van der Waals surface area contributed by atoms with E-state index in [9.17, 15) is 9.59 Å². The molecular weight excluding hydrogens is 126 g/mol. The Morgan fingerprint density at radius 2 is 2.11 bits per heavy atom. The molecule has 0 aromatic carbocycles. The van der Waals surface area contributed by atoms with Crippen molar-refractivity contribution in [3.63, 3.8) is 0 Å². The Bertz CT molecular complexity index is 151. The maximum atomic E-state index is 10.2. The van der Waals surface area contributed by atoms with E-state index >= 15 is 0 Å². The molecule has 0 spiro atoms. The minimum Gasteiger partial charge on any atom is -0.481 e. The van der Waals surface area contributed by atoms with Crippen LogP contribution in [0.15, 0.2) is 5.16 Å². The van der Waals surface area contributed by atoms with Crippen LogP contribution in [0.1, 0.15) is 6.42 Å². The number of Topliss-reactive ketones (excluding diaryl/α,β-unsaturated/α-hetero) is 1. The fourth-order valence-corrected chi connectivity index (χ4v) is 0.259. The van der Waals surface area contributed by atoms with Crippen molar-refractivity contribution in [2.24, 2.45) is 5.16 Å². The van der Waals surface area contributed by atoms with Gasteiger partial charge >= 0.3 is 5.97 Å². The molecule has 0 aromatic heterocycles. The molecule has 0 atom stereocenters. The van der Waals surface area contributed by atoms with E-state index in [1.54, 1.807) is 0 Å². The SMILES string of the molecule is O=C(O)CC(=O)C=NO. The fourth-order valence-electron chi connectivity index (χ4n) is 0.259. The summed E-state index contributed by atoms with van der Waals surface area (Å²) in [5.74, 6) is -1.97. The molecule has 0 radical (unpaired) electrons. The number of nitrogens with zero attached hydrogens (tertiary/aromatic N) is 1. The largest absolute Gasteiger partial charge is 0.481 e. The normalized spacial score (nSPS) is 9.78. The van der Waals surface area contributed by atoms with Crippen molar-refractivity contribution in [2.45, 2.75) is 6.42 Å². The van der Waals surface area contributed by atoms with Crippen LogP contribution in [-0.4, -0.2) is 28.3 Å². The molecule has 0 aromatic rings. The quantitative estimate of drug-likeness (QED) is 0.234. The monoisotopic (exact) mass is 131 g/mol. The molecule has 5 heteroatoms. The Morgan fingerprint density at radius 3 is 2.44 bits per heavy atom. The van der Waals surface area contributed by atoms with Crippen molar-refractivity contribution in [3.8, 4) is 0 Å². The van der Waals surface area contributed by atoms with Crippen LogP contribution in [0.25, 0.3) is 0 Å². The molecule has 9 heavy (non-hydrogen) atoms. The van der Waals surface area contributed by atoms with E-state index in [1.807, 2.05) is 0 Å². The van der Waals surface area contributed by atoms with E-state index in [4.69, 9.17) is 10.3 Å². The third kappa shape index (κ3) is 4.46. The molecule has 0 rings (SSSR count). The van der Waals surface area contributed by atoms with Crippen LogP contribution < -0.4 is 0 Å². The third-order valence-corrected chi connectivity index (χ3v) is 0.527. The predicted molar refractivity (Wildman–Crippen MR) is 27.5 cm³/mol. The molecule has 0 saturated heterocycles. The van der Waals surface area contributed by atoms with E-state index in [0.29, 0.717) is 6.21 Å². The standard InChI is InChI=1S/C4H5NO4/c6-3(2-5-9)1-4(7)8/h2,9H,1H2,(H,7,8). The van der Waals surface area contributed by atoms with Crippen molar-refractivity contribution in [1.29, 1.82) is 0 Å². The first kappa shape index (κ1) is 7.61. The molecule has 0 aliphatic carbocycles. The number of hydrogen-bond acceptors (Lipinski definition) is 4. The van der Waals surface area contributed by atoms with Gasteiger partial charge in [0.05, 0.1) is 0 Å². The second kappa shape index (κ2) is 3.59. The molecule has 0 saturated carbocycles. The summed E-state index contributed by atoms with van der Waals surface area (Å²) >= 11 is 0. The number of rotatable bonds is 3. The Labute approximate surface area is 50.6 Å². The lowest BCUT2D eigenvalue weighted by Gasteiger charge is -1.82. The summed E-state index contributed by atoms with van der Waals surface area (Å²) in [5.41, 5.74) is 0. The number of carbonyl (C=O) groups is 2. The topological polar surface area (TPSA) is 87.0 Å². The first-order valence-corrected chi connectivity index (χ1v) is 2.09. The van der Waals surface area contributed by atoms with Crippen molar-refractivity contribution in [1.82, 2.24) is 0 Å². The van der Waals surface area contributed by atoms with Crippen LogP contribution in [0.3, 0.4) is 0 Å². The summed E-state index contributed by atoms with van der Waals surface area (Å²) in [6, 6.07) is 0. The number of ketones is 1. The van der Waals surface area contributed by atoms with Gasteiger partial charge in [-0.05, 0) is 0 Å². The smallest absolute Gasteiger partial charge is 0.311 e. The van der Waals surface area contributed by atoms with Gasteiger partial charge in [-0.2, -0.15) is 0 Å². The average molecular weight is 131 g/mol. The average Bonchev–Trinajstić information content (AvgIpc) is 1.63. The summed E-state index contributed by atoms with van der Waals surface area (Å²) in [6.07, 6.45) is -0.0851. The maximum Gasteiger partial charge on any atom is 0.311 e. The van der Waals surface area contributed by atoms with Gasteiger partial charge in [0.15, 0.2) is 5.78 Å². The van der Waals surface area contributed by atoms with Crippen molar-refractivity contribution in [2.75, 3.05) is 0 Å². The second-order valence-corrected chi connectivity index (χ2v) is 1.28. The van der Waals surface area contributed by atoms with Gasteiger partial charge in [0.2, 0.25) is 0 Å². The highest BCUT2D eigenvalue weighted by Gasteiger charge is 2.03. The molecule has 2 N–H and O–H groups in total. The van der Waals surface area contributed by atoms with Crippen LogP contribution in [0.4, 0.5) is 0 Å². The molecule has 0 unspecified atom stereocenters. The number of carbonyl (C=O) groups excluding carboxylic acids is 1. The van der Waals surface area contributed by atoms with Gasteiger partial charge in [0.25, 0.3) is 0 Å². The first-order valence-electron chi connectivity index (χ1n) is 2.09. The minimum atomic E-state index is -1.24. The van der Waals surface area contributed by atoms with E-state index < -0.39 is 18.2 Å². The van der Waals surface area contributed by atoms with Crippen LogP contribution in [0.5, 0.6) is 0 Å². The van der Waals surface area contributed by atoms with Gasteiger partial charge in [-0.3, -0.25) is 9.59 Å². The Balaban J connectivity index is 3.64. The van der Waals surface area contributed by atoms with E-state index in [2.05, 4.69) is 5.16 Å². The number of oxime groups is 1. The van der Waals surface area contributed by atoms with Crippen LogP contribution in [-0.2, 0) is 9.59 Å². The zero-order chi connectivity index (χ0) is 7.28. The number of carboxylic acids is 1. The van der Waals surface area contributed by atoms with Crippen LogP contribution >= 0.6 is 0 Å². The number of hydrogen-bond donors (Lipinski definition) is 2. The molecule has 50 valence electrons. The van der Waals surface area contributed by atoms with Gasteiger partial charge in [-0.1, -0.05) is 5.16 Å². The van der Waals surface area contributed by atoms with Crippen molar-refractivity contribution >= 4 is 18.0 Å². The molecule has 0 amide bonds. The Morgan fingerprint density at radius 1 is 1.56 bits per heavy atom. The van der Waals surface area contributed by atoms with E-state index in [-0.39, 0.29) is 0 Å². The van der Waals surface area contributed by atoms with Gasteiger partial charge in [0.1, 0.15) is 12.6 Å². The fraction of sp³-hybridized carbons (Fsp3) is 0.250. The summed E-state index contributed by atoms with van der Waals surface area (Å²) < 4.78 is 0. The lowest BCUT2D eigenvalue weighted by molar-refractivity contribution is -0.138. The molecule has 0 aliphatic rings. The summed E-state index contributed by atoms with van der Waals surface area (Å²) in [5, 5.41) is 18.0. The van der Waals surface area contributed by atoms with Gasteiger partial charge < -0.3 is 10.3 Å². The molecule has 0 bridgehead atoms. The summed E-state index contributed by atoms with van der Waals surface area (Å²) in [6.45, 7) is 0. The number of aliphatic carboxylic acids is 1. The number of carboxylic acid groups (broad SMARTS) is 1. The highest BCUT2D eigenvalue weighted by atomic mass is 16.4. The maximum absolute atomic E-state index is 10.2. The minimum absolute atomic E-state index is 0.550. The predicted octanol–water partition coefficient (Wildman–Crippen LogP) is -0.510. The molecule has 0 heterocycles. The van der Waals surface area contributed by atoms with Gasteiger partial charge in [-0.25, -0.2) is 0 Å². The second-order valence-electron chi connectivity index (χ2n) is 1.28. The van der Waals surface area contributed by atoms with Crippen LogP contribution in [0, 0.1) is 0 Å². The first-order chi connectivity index (χ1) is 4.16. The zero-order valence-electron chi connectivity index (χ0n) is 4.44. The highest BCUT2D eigenvalue weighted by Crippen LogP contribution is 1.78.